The number of sulfonamides is 1. The first kappa shape index (κ1) is 18.6. The van der Waals surface area contributed by atoms with Crippen molar-refractivity contribution in [2.45, 2.75) is 23.8 Å². The third-order valence-corrected chi connectivity index (χ3v) is 5.37. The highest BCUT2D eigenvalue weighted by Gasteiger charge is 2.50. The normalized spacial score (nSPS) is 19.8. The molecule has 1 N–H and O–H groups in total. The van der Waals surface area contributed by atoms with E-state index in [-0.39, 0.29) is 23.7 Å². The van der Waals surface area contributed by atoms with Gasteiger partial charge in [0, 0.05) is 12.6 Å². The van der Waals surface area contributed by atoms with Crippen LogP contribution in [0.3, 0.4) is 0 Å². The minimum Gasteiger partial charge on any atom is -0.463 e. The maximum absolute atomic E-state index is 12.4. The van der Waals surface area contributed by atoms with Gasteiger partial charge in [-0.25, -0.2) is 18.2 Å². The van der Waals surface area contributed by atoms with E-state index in [4.69, 9.17) is 4.74 Å². The quantitative estimate of drug-likeness (QED) is 0.459. The van der Waals surface area contributed by atoms with E-state index in [0.29, 0.717) is 5.69 Å². The minimum absolute atomic E-state index is 0.00802. The van der Waals surface area contributed by atoms with Crippen LogP contribution in [0.2, 0.25) is 0 Å². The molecule has 27 heavy (non-hydrogen) atoms. The predicted molar refractivity (Wildman–Crippen MR) is 95.0 cm³/mol. The first-order valence-corrected chi connectivity index (χ1v) is 9.47. The molecular formula is C17H16N4O5S. The van der Waals surface area contributed by atoms with Crippen LogP contribution in [-0.2, 0) is 24.3 Å². The first-order chi connectivity index (χ1) is 12.8. The van der Waals surface area contributed by atoms with Gasteiger partial charge in [0.15, 0.2) is 5.78 Å². The van der Waals surface area contributed by atoms with Crippen molar-refractivity contribution in [2.24, 2.45) is 10.2 Å². The second-order valence-electron chi connectivity index (χ2n) is 5.82. The lowest BCUT2D eigenvalue weighted by Gasteiger charge is -2.13. The molecule has 2 aromatic rings. The molecule has 1 aromatic carbocycles. The first-order valence-electron chi connectivity index (χ1n) is 7.99. The molecule has 0 spiro atoms. The number of cyclic esters (lactones) is 1. The van der Waals surface area contributed by atoms with Gasteiger partial charge in [-0.3, -0.25) is 9.52 Å². The van der Waals surface area contributed by atoms with Gasteiger partial charge in [-0.05, 0) is 43.3 Å². The number of ketones is 1. The highest BCUT2D eigenvalue weighted by atomic mass is 32.2. The van der Waals surface area contributed by atoms with Gasteiger partial charge < -0.3 is 4.74 Å². The number of nitrogens with zero attached hydrogens (tertiary/aromatic N) is 3. The molecule has 3 rings (SSSR count). The van der Waals surface area contributed by atoms with Crippen molar-refractivity contribution in [3.05, 3.63) is 48.7 Å². The van der Waals surface area contributed by atoms with E-state index < -0.39 is 27.3 Å². The van der Waals surface area contributed by atoms with Crippen molar-refractivity contribution in [2.75, 3.05) is 11.3 Å². The summed E-state index contributed by atoms with van der Waals surface area (Å²) in [4.78, 5) is 27.6. The number of carbonyl (C=O) groups is 2. The van der Waals surface area contributed by atoms with Gasteiger partial charge in [-0.1, -0.05) is 6.07 Å². The Balaban J connectivity index is 1.79. The maximum atomic E-state index is 12.4. The average molecular weight is 388 g/mol. The van der Waals surface area contributed by atoms with Gasteiger partial charge in [0.25, 0.3) is 10.0 Å². The summed E-state index contributed by atoms with van der Waals surface area (Å²) in [7, 11) is -3.81. The fourth-order valence-corrected chi connectivity index (χ4v) is 3.46. The van der Waals surface area contributed by atoms with Gasteiger partial charge in [0.05, 0.1) is 17.2 Å². The number of hydrogen-bond acceptors (Lipinski definition) is 8. The molecule has 0 amide bonds. The summed E-state index contributed by atoms with van der Waals surface area (Å²) < 4.78 is 31.9. The Kier molecular flexibility index (Phi) is 5.00. The fraction of sp³-hybridized carbons (Fsp3) is 0.235. The number of esters is 1. The summed E-state index contributed by atoms with van der Waals surface area (Å²) in [6.07, 6.45) is 1.60. The number of rotatable bonds is 6. The maximum Gasteiger partial charge on any atom is 0.343 e. The van der Waals surface area contributed by atoms with Crippen molar-refractivity contribution in [3.63, 3.8) is 0 Å². The van der Waals surface area contributed by atoms with E-state index >= 15 is 0 Å². The van der Waals surface area contributed by atoms with Crippen LogP contribution in [0.15, 0.2) is 63.8 Å². The molecule has 0 unspecified atom stereocenters. The van der Waals surface area contributed by atoms with Crippen molar-refractivity contribution in [3.8, 4) is 0 Å². The van der Waals surface area contributed by atoms with Gasteiger partial charge >= 0.3 is 5.97 Å². The Hall–Kier alpha value is -3.14. The molecule has 0 saturated carbocycles. The molecule has 1 fully saturated rings. The molecule has 0 bridgehead atoms. The van der Waals surface area contributed by atoms with Crippen LogP contribution in [0.5, 0.6) is 0 Å². The van der Waals surface area contributed by atoms with Crippen LogP contribution >= 0.6 is 0 Å². The Bertz CT molecular complexity index is 990. The number of carbonyl (C=O) groups excluding carboxylic acids is 2. The standard InChI is InChI=1S/C17H16N4O5S/c1-12(22)17(9-11-26-16(17)23)21-19-13-5-7-14(8-6-13)27(24,25)20-15-4-2-3-10-18-15/h2-8,10H,9,11H2,1H3,(H,18,20)/t17-/m0/s1. The number of pyridine rings is 1. The molecule has 9 nitrogen and oxygen atoms in total. The topological polar surface area (TPSA) is 127 Å². The van der Waals surface area contributed by atoms with E-state index in [0.717, 1.165) is 0 Å². The number of azo groups is 1. The molecule has 10 heteroatoms. The van der Waals surface area contributed by atoms with Crippen LogP contribution in [0, 0.1) is 0 Å². The van der Waals surface area contributed by atoms with Crippen molar-refractivity contribution >= 4 is 33.3 Å². The molecule has 1 aromatic heterocycles. The second-order valence-corrected chi connectivity index (χ2v) is 7.50. The summed E-state index contributed by atoms with van der Waals surface area (Å²) in [6, 6.07) is 10.4. The third-order valence-electron chi connectivity index (χ3n) is 4.00. The summed E-state index contributed by atoms with van der Waals surface area (Å²) in [6.45, 7) is 1.36. The lowest BCUT2D eigenvalue weighted by Crippen LogP contribution is -2.39. The van der Waals surface area contributed by atoms with E-state index in [1.165, 1.54) is 43.5 Å². The number of Topliss-reactive ketones (excluding diaryl/α,β-unsaturated/α-hetero) is 1. The van der Waals surface area contributed by atoms with Crippen molar-refractivity contribution < 1.29 is 22.7 Å². The van der Waals surface area contributed by atoms with Gasteiger partial charge in [-0.2, -0.15) is 10.2 Å². The molecule has 1 aliphatic heterocycles. The summed E-state index contributed by atoms with van der Waals surface area (Å²) in [5, 5.41) is 7.81. The molecular weight excluding hydrogens is 372 g/mol. The van der Waals surface area contributed by atoms with Crippen LogP contribution < -0.4 is 4.72 Å². The number of ether oxygens (including phenoxy) is 1. The SMILES string of the molecule is CC(=O)[C@@]1(N=Nc2ccc(S(=O)(=O)Nc3ccccn3)cc2)CCOC1=O. The van der Waals surface area contributed by atoms with Crippen molar-refractivity contribution in [1.82, 2.24) is 4.98 Å². The number of aromatic nitrogens is 1. The number of nitrogens with one attached hydrogen (secondary N) is 1. The van der Waals surface area contributed by atoms with E-state index in [2.05, 4.69) is 19.9 Å². The summed E-state index contributed by atoms with van der Waals surface area (Å²) in [5.74, 6) is -0.977. The highest BCUT2D eigenvalue weighted by Crippen LogP contribution is 2.28. The van der Waals surface area contributed by atoms with Crippen LogP contribution in [-0.4, -0.2) is 37.3 Å². The molecule has 1 saturated heterocycles. The van der Waals surface area contributed by atoms with Crippen LogP contribution in [0.4, 0.5) is 11.5 Å². The molecule has 2 heterocycles. The van der Waals surface area contributed by atoms with Crippen LogP contribution in [0.1, 0.15) is 13.3 Å². The second kappa shape index (κ2) is 7.23. The zero-order chi connectivity index (χ0) is 19.5. The summed E-state index contributed by atoms with van der Waals surface area (Å²) in [5.41, 5.74) is -1.32. The van der Waals surface area contributed by atoms with Gasteiger partial charge in [0.2, 0.25) is 5.54 Å². The van der Waals surface area contributed by atoms with E-state index in [9.17, 15) is 18.0 Å². The number of anilines is 1. The Morgan fingerprint density at radius 2 is 1.96 bits per heavy atom. The number of benzene rings is 1. The Labute approximate surface area is 155 Å². The third kappa shape index (κ3) is 3.85. The molecule has 0 radical (unpaired) electrons. The fourth-order valence-electron chi connectivity index (χ4n) is 2.45. The lowest BCUT2D eigenvalue weighted by molar-refractivity contribution is -0.145. The zero-order valence-electron chi connectivity index (χ0n) is 14.3. The number of hydrogen-bond donors (Lipinski definition) is 1. The zero-order valence-corrected chi connectivity index (χ0v) is 15.1. The Morgan fingerprint density at radius 3 is 2.52 bits per heavy atom. The van der Waals surface area contributed by atoms with Gasteiger partial charge in [0.1, 0.15) is 5.82 Å². The smallest absolute Gasteiger partial charge is 0.343 e. The average Bonchev–Trinajstić information content (AvgIpc) is 3.03. The minimum atomic E-state index is -3.81. The van der Waals surface area contributed by atoms with Crippen molar-refractivity contribution in [1.29, 1.82) is 0 Å². The highest BCUT2D eigenvalue weighted by molar-refractivity contribution is 7.92. The molecule has 0 aliphatic carbocycles. The molecule has 1 atom stereocenters. The summed E-state index contributed by atoms with van der Waals surface area (Å²) >= 11 is 0. The van der Waals surface area contributed by atoms with E-state index in [1.807, 2.05) is 0 Å². The lowest BCUT2D eigenvalue weighted by atomic mass is 9.95. The predicted octanol–water partition coefficient (Wildman–Crippen LogP) is 2.24. The Morgan fingerprint density at radius 1 is 1.22 bits per heavy atom. The van der Waals surface area contributed by atoms with E-state index in [1.54, 1.807) is 12.1 Å². The monoisotopic (exact) mass is 388 g/mol. The molecule has 1 aliphatic rings. The van der Waals surface area contributed by atoms with Crippen LogP contribution in [0.25, 0.3) is 0 Å². The largest absolute Gasteiger partial charge is 0.463 e. The van der Waals surface area contributed by atoms with Gasteiger partial charge in [-0.15, -0.1) is 0 Å². The molecule has 140 valence electrons.